The molecule has 1 aliphatic heterocycles. The molecule has 9 heteroatoms. The van der Waals surface area contributed by atoms with Crippen LogP contribution in [-0.4, -0.2) is 35.4 Å². The molecule has 3 atom stereocenters. The minimum Gasteiger partial charge on any atom is -0.775 e. The van der Waals surface area contributed by atoms with E-state index in [1.54, 1.807) is 12.1 Å². The maximum Gasteiger partial charge on any atom is 1.00 e. The van der Waals surface area contributed by atoms with Crippen molar-refractivity contribution in [3.8, 4) is 0 Å². The maximum atomic E-state index is 10.5. The van der Waals surface area contributed by atoms with E-state index in [0.29, 0.717) is 11.6 Å². The van der Waals surface area contributed by atoms with E-state index in [-0.39, 0.29) is 41.3 Å². The molecule has 0 saturated carbocycles. The summed E-state index contributed by atoms with van der Waals surface area (Å²) in [7, 11) is -2.44. The van der Waals surface area contributed by atoms with Crippen LogP contribution >= 0.6 is 7.60 Å². The van der Waals surface area contributed by atoms with Crippen molar-refractivity contribution in [2.75, 3.05) is 20.0 Å². The molecule has 0 aromatic rings. The Morgan fingerprint density at radius 1 is 1.92 bits per heavy atom. The van der Waals surface area contributed by atoms with Crippen LogP contribution in [0.2, 0.25) is 0 Å². The second kappa shape index (κ2) is 5.46. The first kappa shape index (κ1) is 14.4. The Bertz CT molecular complexity index is 215. The van der Waals surface area contributed by atoms with Gasteiger partial charge in [-0.2, -0.15) is 5.01 Å². The minimum atomic E-state index is -4.20. The van der Waals surface area contributed by atoms with E-state index in [9.17, 15) is 9.46 Å². The molecule has 1 saturated heterocycles. The third-order valence-electron chi connectivity index (χ3n) is 1.55. The third-order valence-corrected chi connectivity index (χ3v) is 2.80. The van der Waals surface area contributed by atoms with Crippen molar-refractivity contribution in [1.29, 1.82) is 0 Å². The van der Waals surface area contributed by atoms with Crippen molar-refractivity contribution >= 4 is 20.2 Å². The molecule has 0 radical (unpaired) electrons. The molecule has 0 spiro atoms. The van der Waals surface area contributed by atoms with Crippen molar-refractivity contribution in [3.63, 3.8) is 0 Å². The van der Waals surface area contributed by atoms with E-state index < -0.39 is 7.60 Å². The van der Waals surface area contributed by atoms with Gasteiger partial charge in [0.2, 0.25) is 0 Å². The quantitative estimate of drug-likeness (QED) is 0.251. The largest absolute Gasteiger partial charge is 1.00 e. The molecule has 0 bridgehead atoms. The Morgan fingerprint density at radius 3 is 2.77 bits per heavy atom. The first-order valence-corrected chi connectivity index (χ1v) is 5.62. The van der Waals surface area contributed by atoms with E-state index in [4.69, 9.17) is 17.5 Å². The molecule has 3 N–H and O–H groups in total. The van der Waals surface area contributed by atoms with Gasteiger partial charge in [0.25, 0.3) is 0 Å². The molecule has 0 aromatic carbocycles. The van der Waals surface area contributed by atoms with Crippen LogP contribution in [0.5, 0.6) is 0 Å². The van der Waals surface area contributed by atoms with Crippen molar-refractivity contribution in [1.82, 2.24) is 10.4 Å². The van der Waals surface area contributed by atoms with Crippen molar-refractivity contribution in [2.24, 2.45) is 0 Å². The molecule has 72 valence electrons. The molecule has 13 heavy (non-hydrogen) atoms. The van der Waals surface area contributed by atoms with E-state index in [0.717, 1.165) is 0 Å². The molecule has 0 amide bonds. The van der Waals surface area contributed by atoms with Gasteiger partial charge in [0, 0.05) is 12.5 Å². The van der Waals surface area contributed by atoms with Gasteiger partial charge in [0.05, 0.1) is 0 Å². The first-order chi connectivity index (χ1) is 5.38. The zero-order valence-corrected chi connectivity index (χ0v) is 11.3. The van der Waals surface area contributed by atoms with Gasteiger partial charge in [-0.15, -0.1) is 0 Å². The van der Waals surface area contributed by atoms with Gasteiger partial charge in [-0.1, -0.05) is 0 Å². The van der Waals surface area contributed by atoms with Gasteiger partial charge in [0.1, 0.15) is 13.0 Å². The van der Waals surface area contributed by atoms with Gasteiger partial charge in [-0.25, -0.2) is 5.43 Å². The van der Waals surface area contributed by atoms with Crippen LogP contribution in [0.4, 0.5) is 0 Å². The average Bonchev–Trinajstić information content (AvgIpc) is 2.06. The predicted octanol–water partition coefficient (Wildman–Crippen LogP) is -6.38. The van der Waals surface area contributed by atoms with Crippen LogP contribution < -0.4 is 44.8 Å². The first-order valence-electron chi connectivity index (χ1n) is 3.39. The van der Waals surface area contributed by atoms with Crippen LogP contribution in [0.1, 0.15) is 0 Å². The maximum absolute atomic E-state index is 10.5. The van der Waals surface area contributed by atoms with Gasteiger partial charge >= 0.3 is 29.6 Å². The molecule has 0 aliphatic carbocycles. The van der Waals surface area contributed by atoms with Crippen LogP contribution in [0, 0.1) is 0 Å². The van der Waals surface area contributed by atoms with E-state index in [1.165, 1.54) is 0 Å². The molecule has 1 rings (SSSR count). The zero-order valence-electron chi connectivity index (χ0n) is 7.56. The Kier molecular flexibility index (Phi) is 6.04. The average molecular weight is 235 g/mol. The summed E-state index contributed by atoms with van der Waals surface area (Å²) in [4.78, 5) is 19.7. The fourth-order valence-electron chi connectivity index (χ4n) is 1.11. The molecule has 1 heterocycles. The number of nitrogens with zero attached hydrogens (tertiary/aromatic N) is 1. The minimum absolute atomic E-state index is 0. The second-order valence-electron chi connectivity index (χ2n) is 2.82. The fraction of sp³-hybridized carbons (Fsp3) is 1.00. The van der Waals surface area contributed by atoms with E-state index in [2.05, 4.69) is 5.43 Å². The Morgan fingerprint density at radius 2 is 2.46 bits per heavy atom. The Hall–Kier alpha value is 1.38. The zero-order chi connectivity index (χ0) is 9.35. The van der Waals surface area contributed by atoms with Crippen LogP contribution in [0.15, 0.2) is 0 Å². The topological polar surface area (TPSA) is 80.1 Å². The van der Waals surface area contributed by atoms with Gasteiger partial charge in [-0.05, 0) is 0 Å². The number of hydrazine groups is 1. The van der Waals surface area contributed by atoms with Crippen molar-refractivity contribution < 1.29 is 48.8 Å². The van der Waals surface area contributed by atoms with Gasteiger partial charge in [-0.3, -0.25) is 0 Å². The summed E-state index contributed by atoms with van der Waals surface area (Å²) in [6.07, 6.45) is -0.321. The molecule has 1 aliphatic rings. The monoisotopic (exact) mass is 235 g/mol. The van der Waals surface area contributed by atoms with Crippen LogP contribution in [0.3, 0.4) is 0 Å². The third kappa shape index (κ3) is 5.13. The molecular weight excluding hydrogens is 224 g/mol. The molecular formula is C4H11N3NaO3PS. The number of quaternary nitrogens is 1. The standard InChI is InChI=1S/C4H12N3O3PS.Na/c1-6-2-7(4(12)5-6)3-11(8,9)10;/h4-5,12H,2-3H2,1H3,(H2,8,9,10);/q;+1/p-1. The number of hydrogen-bond donors (Lipinski definition) is 3. The second-order valence-corrected chi connectivity index (χ2v) is 4.88. The smallest absolute Gasteiger partial charge is 0.775 e. The Labute approximate surface area is 104 Å². The Balaban J connectivity index is 0.00000144. The van der Waals surface area contributed by atoms with Crippen molar-refractivity contribution in [2.45, 2.75) is 5.50 Å². The van der Waals surface area contributed by atoms with E-state index >= 15 is 0 Å². The summed E-state index contributed by atoms with van der Waals surface area (Å²) in [6.45, 7) is 0.473. The molecule has 6 nitrogen and oxygen atoms in total. The summed E-state index contributed by atoms with van der Waals surface area (Å²) >= 11 is 4.91. The summed E-state index contributed by atoms with van der Waals surface area (Å²) < 4.78 is 10.5. The van der Waals surface area contributed by atoms with Crippen LogP contribution in [0.25, 0.3) is 0 Å². The number of hydrogen-bond acceptors (Lipinski definition) is 5. The molecule has 3 unspecified atom stereocenters. The van der Waals surface area contributed by atoms with Crippen molar-refractivity contribution in [3.05, 3.63) is 0 Å². The summed E-state index contributed by atoms with van der Waals surface area (Å²) in [5.41, 5.74) is 2.44. The normalized spacial score (nSPS) is 33.8. The van der Waals surface area contributed by atoms with Gasteiger partial charge < -0.3 is 31.9 Å². The van der Waals surface area contributed by atoms with Gasteiger partial charge in [0.15, 0.2) is 7.60 Å². The number of nitrogens with one attached hydrogen (secondary N) is 2. The summed E-state index contributed by atoms with van der Waals surface area (Å²) in [6, 6.07) is 0. The summed E-state index contributed by atoms with van der Waals surface area (Å²) in [5, 5.41) is 1.70. The SMILES string of the molecule is CN1C[NH+](CP(=O)([O-])O)C([S-])N1.[Na+]. The van der Waals surface area contributed by atoms with Crippen LogP contribution in [-0.2, 0) is 17.2 Å². The predicted molar refractivity (Wildman–Crippen MR) is 42.6 cm³/mol. The molecule has 0 aromatic heterocycles. The number of rotatable bonds is 2. The fourth-order valence-corrected chi connectivity index (χ4v) is 2.37. The molecule has 1 fully saturated rings. The van der Waals surface area contributed by atoms with E-state index in [1.807, 2.05) is 0 Å². The summed E-state index contributed by atoms with van der Waals surface area (Å²) in [5.74, 6) is 0.